The third-order valence-corrected chi connectivity index (χ3v) is 2.81. The molecule has 1 saturated heterocycles. The molecule has 1 heterocycles. The maximum atomic E-state index is 9.55. The van der Waals surface area contributed by atoms with Gasteiger partial charge in [0.25, 0.3) is 0 Å². The van der Waals surface area contributed by atoms with Crippen molar-refractivity contribution < 1.29 is 15.2 Å². The summed E-state index contributed by atoms with van der Waals surface area (Å²) in [7, 11) is 0. The van der Waals surface area contributed by atoms with Crippen molar-refractivity contribution in [1.29, 1.82) is 0 Å². The first-order chi connectivity index (χ1) is 7.36. The second-order valence-corrected chi connectivity index (χ2v) is 3.99. The van der Waals surface area contributed by atoms with Gasteiger partial charge < -0.3 is 15.2 Å². The number of phenols is 1. The molecule has 0 radical (unpaired) electrons. The maximum Gasteiger partial charge on any atom is 0.124 e. The fraction of sp³-hybridized carbons (Fsp3) is 0.500. The molecule has 1 aromatic carbocycles. The summed E-state index contributed by atoms with van der Waals surface area (Å²) in [6, 6.07) is 7.49. The van der Waals surface area contributed by atoms with Crippen LogP contribution in [0.15, 0.2) is 24.3 Å². The first kappa shape index (κ1) is 10.5. The van der Waals surface area contributed by atoms with Gasteiger partial charge in [-0.3, -0.25) is 0 Å². The van der Waals surface area contributed by atoms with Crippen LogP contribution in [0, 0.1) is 0 Å². The van der Waals surface area contributed by atoms with Crippen LogP contribution >= 0.6 is 0 Å². The molecular weight excluding hydrogens is 190 g/mol. The topological polar surface area (TPSA) is 46.1 Å². The number of ether oxygens (including phenoxy) is 1. The second-order valence-electron chi connectivity index (χ2n) is 3.99. The number of aromatic hydroxyl groups is 1. The number of rotatable bonds is 4. The Balaban J connectivity index is 1.75. The summed E-state index contributed by atoms with van der Waals surface area (Å²) in [4.78, 5) is 0. The molecule has 0 spiro atoms. The van der Waals surface area contributed by atoms with Gasteiger partial charge in [0.05, 0.1) is 0 Å². The van der Waals surface area contributed by atoms with Gasteiger partial charge in [-0.25, -0.2) is 0 Å². The minimum Gasteiger partial charge on any atom is -0.507 e. The minimum absolute atomic E-state index is 0.390. The molecule has 2 rings (SSSR count). The number of phenolic OH excluding ortho intramolecular Hbond substituents is 1. The van der Waals surface area contributed by atoms with E-state index in [1.54, 1.807) is 6.07 Å². The third-order valence-electron chi connectivity index (χ3n) is 2.81. The lowest BCUT2D eigenvalue weighted by atomic mass is 10.2. The van der Waals surface area contributed by atoms with Crippen molar-refractivity contribution in [3.05, 3.63) is 29.8 Å². The van der Waals surface area contributed by atoms with Crippen LogP contribution in [0.25, 0.3) is 0 Å². The molecule has 3 nitrogen and oxygen atoms in total. The molecule has 15 heavy (non-hydrogen) atoms. The minimum atomic E-state index is 0.390. The summed E-state index contributed by atoms with van der Waals surface area (Å²) in [5.74, 6) is 0.390. The zero-order valence-corrected chi connectivity index (χ0v) is 8.86. The lowest BCUT2D eigenvalue weighted by Crippen LogP contribution is -2.84. The number of para-hydroxylation sites is 1. The summed E-state index contributed by atoms with van der Waals surface area (Å²) in [6.07, 6.45) is 2.78. The highest BCUT2D eigenvalue weighted by Gasteiger charge is 2.16. The van der Waals surface area contributed by atoms with E-state index in [1.807, 2.05) is 18.2 Å². The van der Waals surface area contributed by atoms with E-state index in [9.17, 15) is 5.11 Å². The number of quaternary nitrogens is 1. The fourth-order valence-electron chi connectivity index (χ4n) is 1.94. The van der Waals surface area contributed by atoms with Gasteiger partial charge in [0.15, 0.2) is 0 Å². The van der Waals surface area contributed by atoms with Gasteiger partial charge in [-0.05, 0) is 25.0 Å². The molecule has 3 heteroatoms. The predicted octanol–water partition coefficient (Wildman–Crippen LogP) is 0.635. The van der Waals surface area contributed by atoms with Crippen LogP contribution in [-0.4, -0.2) is 24.4 Å². The van der Waals surface area contributed by atoms with Crippen LogP contribution < -0.4 is 5.32 Å². The molecule has 0 saturated carbocycles. The van der Waals surface area contributed by atoms with E-state index < -0.39 is 0 Å². The quantitative estimate of drug-likeness (QED) is 0.762. The van der Waals surface area contributed by atoms with Crippen molar-refractivity contribution in [3.63, 3.8) is 0 Å². The van der Waals surface area contributed by atoms with Crippen molar-refractivity contribution in [1.82, 2.24) is 0 Å². The molecule has 82 valence electrons. The van der Waals surface area contributed by atoms with E-state index in [1.165, 1.54) is 12.8 Å². The van der Waals surface area contributed by atoms with Crippen LogP contribution in [0.5, 0.6) is 5.75 Å². The van der Waals surface area contributed by atoms with Gasteiger partial charge in [0.2, 0.25) is 0 Å². The smallest absolute Gasteiger partial charge is 0.124 e. The van der Waals surface area contributed by atoms with Gasteiger partial charge >= 0.3 is 0 Å². The molecule has 0 unspecified atom stereocenters. The molecule has 1 fully saturated rings. The van der Waals surface area contributed by atoms with Crippen LogP contribution in [-0.2, 0) is 11.3 Å². The Kier molecular flexibility index (Phi) is 3.59. The summed E-state index contributed by atoms with van der Waals surface area (Å²) < 4.78 is 5.53. The Labute approximate surface area is 90.1 Å². The first-order valence-corrected chi connectivity index (χ1v) is 5.56. The molecule has 1 aliphatic rings. The fourth-order valence-corrected chi connectivity index (χ4v) is 1.94. The third kappa shape index (κ3) is 2.94. The number of nitrogens with two attached hydrogens (primary N) is 1. The van der Waals surface area contributed by atoms with Gasteiger partial charge in [-0.2, -0.15) is 0 Å². The Morgan fingerprint density at radius 3 is 3.00 bits per heavy atom. The van der Waals surface area contributed by atoms with E-state index >= 15 is 0 Å². The van der Waals surface area contributed by atoms with E-state index in [0.29, 0.717) is 11.9 Å². The number of benzene rings is 1. The summed E-state index contributed by atoms with van der Waals surface area (Å²) >= 11 is 0. The molecule has 0 amide bonds. The largest absolute Gasteiger partial charge is 0.507 e. The van der Waals surface area contributed by atoms with Gasteiger partial charge in [-0.15, -0.1) is 0 Å². The molecule has 1 atom stereocenters. The summed E-state index contributed by atoms with van der Waals surface area (Å²) in [5, 5.41) is 11.8. The Hall–Kier alpha value is -1.06. The molecule has 0 bridgehead atoms. The monoisotopic (exact) mass is 208 g/mol. The Morgan fingerprint density at radius 2 is 2.27 bits per heavy atom. The summed E-state index contributed by atoms with van der Waals surface area (Å²) in [5.41, 5.74) is 0.996. The highest BCUT2D eigenvalue weighted by atomic mass is 16.5. The van der Waals surface area contributed by atoms with Crippen molar-refractivity contribution >= 4 is 0 Å². The van der Waals surface area contributed by atoms with Gasteiger partial charge in [0, 0.05) is 12.2 Å². The zero-order chi connectivity index (χ0) is 10.5. The first-order valence-electron chi connectivity index (χ1n) is 5.56. The van der Waals surface area contributed by atoms with Crippen molar-refractivity contribution in [3.8, 4) is 5.75 Å². The standard InChI is InChI=1S/C12H17NO2/c14-12-6-2-1-4-10(12)8-13-9-11-5-3-7-15-11/h1-2,4,6,11,13-14H,3,5,7-9H2/p+1/t11-/m0/s1. The van der Waals surface area contributed by atoms with E-state index in [-0.39, 0.29) is 0 Å². The maximum absolute atomic E-state index is 9.55. The lowest BCUT2D eigenvalue weighted by molar-refractivity contribution is -0.676. The highest BCUT2D eigenvalue weighted by Crippen LogP contribution is 2.14. The number of hydrogen-bond acceptors (Lipinski definition) is 2. The predicted molar refractivity (Wildman–Crippen MR) is 57.6 cm³/mol. The Bertz CT molecular complexity index is 308. The van der Waals surface area contributed by atoms with Crippen LogP contribution in [0.1, 0.15) is 18.4 Å². The molecule has 0 aromatic heterocycles. The van der Waals surface area contributed by atoms with Crippen LogP contribution in [0.2, 0.25) is 0 Å². The highest BCUT2D eigenvalue weighted by molar-refractivity contribution is 5.30. The zero-order valence-electron chi connectivity index (χ0n) is 8.86. The molecule has 3 N–H and O–H groups in total. The normalized spacial score (nSPS) is 20.7. The summed E-state index contributed by atoms with van der Waals surface area (Å²) in [6.45, 7) is 2.73. The van der Waals surface area contributed by atoms with Crippen LogP contribution in [0.3, 0.4) is 0 Å². The van der Waals surface area contributed by atoms with Crippen molar-refractivity contribution in [2.75, 3.05) is 13.2 Å². The number of hydrogen-bond donors (Lipinski definition) is 2. The van der Waals surface area contributed by atoms with E-state index in [0.717, 1.165) is 25.3 Å². The second kappa shape index (κ2) is 5.14. The SMILES string of the molecule is Oc1ccccc1C[NH2+]C[C@@H]1CCCO1. The molecule has 1 aliphatic heterocycles. The van der Waals surface area contributed by atoms with Crippen molar-refractivity contribution in [2.45, 2.75) is 25.5 Å². The molecular formula is C12H18NO2+. The van der Waals surface area contributed by atoms with E-state index in [2.05, 4.69) is 5.32 Å². The Morgan fingerprint density at radius 1 is 1.40 bits per heavy atom. The molecule has 1 aromatic rings. The molecule has 0 aliphatic carbocycles. The van der Waals surface area contributed by atoms with E-state index in [4.69, 9.17) is 4.74 Å². The van der Waals surface area contributed by atoms with Crippen molar-refractivity contribution in [2.24, 2.45) is 0 Å². The lowest BCUT2D eigenvalue weighted by Gasteiger charge is -2.08. The van der Waals surface area contributed by atoms with Gasteiger partial charge in [0.1, 0.15) is 24.9 Å². The van der Waals surface area contributed by atoms with Gasteiger partial charge in [-0.1, -0.05) is 12.1 Å². The average Bonchev–Trinajstić information content (AvgIpc) is 2.74. The van der Waals surface area contributed by atoms with Crippen LogP contribution in [0.4, 0.5) is 0 Å². The average molecular weight is 208 g/mol.